The van der Waals surface area contributed by atoms with Crippen LogP contribution in [0.1, 0.15) is 62.5 Å². The van der Waals surface area contributed by atoms with E-state index in [4.69, 9.17) is 9.47 Å². The van der Waals surface area contributed by atoms with Crippen LogP contribution in [0.4, 0.5) is 0 Å². The van der Waals surface area contributed by atoms with Gasteiger partial charge in [-0.25, -0.2) is 0 Å². The van der Waals surface area contributed by atoms with E-state index in [1.165, 1.54) is 36.0 Å². The lowest BCUT2D eigenvalue weighted by Gasteiger charge is -2.30. The zero-order valence-electron chi connectivity index (χ0n) is 14.1. The largest absolute Gasteiger partial charge is 0.497 e. The average Bonchev–Trinajstić information content (AvgIpc) is 2.54. The van der Waals surface area contributed by atoms with Crippen molar-refractivity contribution < 1.29 is 14.3 Å². The van der Waals surface area contributed by atoms with Crippen LogP contribution in [0, 0.1) is 5.92 Å². The molecule has 0 spiro atoms. The number of benzene rings is 1. The van der Waals surface area contributed by atoms with Crippen LogP contribution in [-0.2, 0) is 9.53 Å². The first-order valence-corrected chi connectivity index (χ1v) is 8.77. The summed E-state index contributed by atoms with van der Waals surface area (Å²) >= 11 is 0. The minimum atomic E-state index is -0.0485. The number of ether oxygens (including phenoxy) is 2. The second-order valence-corrected chi connectivity index (χ2v) is 6.53. The van der Waals surface area contributed by atoms with Crippen molar-refractivity contribution in [2.24, 2.45) is 5.92 Å². The maximum atomic E-state index is 11.9. The predicted molar refractivity (Wildman–Crippen MR) is 91.5 cm³/mol. The molecule has 0 aromatic heterocycles. The third-order valence-corrected chi connectivity index (χ3v) is 5.18. The Bertz CT molecular complexity index is 599. The topological polar surface area (TPSA) is 35.5 Å². The highest BCUT2D eigenvalue weighted by Crippen LogP contribution is 2.43. The number of hydrogen-bond donors (Lipinski definition) is 0. The number of carbonyl (C=O) groups excluding carboxylic acids is 1. The third kappa shape index (κ3) is 3.44. The molecule has 23 heavy (non-hydrogen) atoms. The van der Waals surface area contributed by atoms with E-state index >= 15 is 0 Å². The van der Waals surface area contributed by atoms with Crippen molar-refractivity contribution in [3.8, 4) is 5.75 Å². The van der Waals surface area contributed by atoms with E-state index < -0.39 is 0 Å². The molecule has 2 aliphatic rings. The first kappa shape index (κ1) is 16.1. The average molecular weight is 314 g/mol. The summed E-state index contributed by atoms with van der Waals surface area (Å²) in [6.07, 6.45) is 8.76. The molecule has 1 saturated carbocycles. The SMILES string of the molecule is CCOC(=O)C1CC=C(c2cc(OC)ccc2C2CCC2)CC1. The highest BCUT2D eigenvalue weighted by atomic mass is 16.5. The lowest BCUT2D eigenvalue weighted by Crippen LogP contribution is -2.20. The molecular weight excluding hydrogens is 288 g/mol. The fraction of sp³-hybridized carbons (Fsp3) is 0.550. The highest BCUT2D eigenvalue weighted by Gasteiger charge is 2.27. The Morgan fingerprint density at radius 3 is 2.65 bits per heavy atom. The molecule has 0 heterocycles. The van der Waals surface area contributed by atoms with E-state index in [2.05, 4.69) is 24.3 Å². The van der Waals surface area contributed by atoms with Crippen molar-refractivity contribution >= 4 is 11.5 Å². The van der Waals surface area contributed by atoms with Gasteiger partial charge >= 0.3 is 5.97 Å². The lowest BCUT2D eigenvalue weighted by molar-refractivity contribution is -0.148. The highest BCUT2D eigenvalue weighted by molar-refractivity contribution is 5.77. The Morgan fingerprint density at radius 1 is 1.26 bits per heavy atom. The first-order valence-electron chi connectivity index (χ1n) is 8.77. The number of methoxy groups -OCH3 is 1. The molecule has 124 valence electrons. The second-order valence-electron chi connectivity index (χ2n) is 6.53. The molecule has 0 radical (unpaired) electrons. The zero-order valence-corrected chi connectivity index (χ0v) is 14.1. The summed E-state index contributed by atoms with van der Waals surface area (Å²) in [5.41, 5.74) is 4.15. The molecule has 0 aliphatic heterocycles. The maximum Gasteiger partial charge on any atom is 0.309 e. The van der Waals surface area contributed by atoms with Crippen LogP contribution in [0.3, 0.4) is 0 Å². The van der Waals surface area contributed by atoms with Gasteiger partial charge in [-0.3, -0.25) is 4.79 Å². The Labute approximate surface area is 138 Å². The molecule has 0 bridgehead atoms. The molecule has 1 unspecified atom stereocenters. The molecule has 3 rings (SSSR count). The minimum absolute atomic E-state index is 0.0245. The third-order valence-electron chi connectivity index (χ3n) is 5.18. The Kier molecular flexibility index (Phi) is 5.04. The summed E-state index contributed by atoms with van der Waals surface area (Å²) in [5, 5.41) is 0. The minimum Gasteiger partial charge on any atom is -0.497 e. The monoisotopic (exact) mass is 314 g/mol. The first-order chi connectivity index (χ1) is 11.2. The van der Waals surface area contributed by atoms with Gasteiger partial charge in [0, 0.05) is 0 Å². The Balaban J connectivity index is 1.82. The molecular formula is C20H26O3. The number of hydrogen-bond acceptors (Lipinski definition) is 3. The number of carbonyl (C=O) groups is 1. The molecule has 1 aromatic rings. The smallest absolute Gasteiger partial charge is 0.309 e. The van der Waals surface area contributed by atoms with E-state index in [0.717, 1.165) is 25.0 Å². The van der Waals surface area contributed by atoms with Crippen LogP contribution in [0.5, 0.6) is 5.75 Å². The predicted octanol–water partition coefficient (Wildman–Crippen LogP) is 4.71. The summed E-state index contributed by atoms with van der Waals surface area (Å²) < 4.78 is 10.6. The van der Waals surface area contributed by atoms with Crippen molar-refractivity contribution in [3.63, 3.8) is 0 Å². The van der Waals surface area contributed by atoms with Gasteiger partial charge in [0.25, 0.3) is 0 Å². The van der Waals surface area contributed by atoms with Gasteiger partial charge in [0.15, 0.2) is 0 Å². The van der Waals surface area contributed by atoms with Crippen LogP contribution in [0.25, 0.3) is 5.57 Å². The summed E-state index contributed by atoms with van der Waals surface area (Å²) in [6.45, 7) is 2.33. The van der Waals surface area contributed by atoms with Gasteiger partial charge in [-0.1, -0.05) is 18.6 Å². The van der Waals surface area contributed by atoms with Crippen LogP contribution in [0.15, 0.2) is 24.3 Å². The van der Waals surface area contributed by atoms with Crippen molar-refractivity contribution in [1.82, 2.24) is 0 Å². The number of rotatable bonds is 5. The Morgan fingerprint density at radius 2 is 2.09 bits per heavy atom. The molecule has 2 aliphatic carbocycles. The van der Waals surface area contributed by atoms with E-state index in [0.29, 0.717) is 12.5 Å². The van der Waals surface area contributed by atoms with Crippen molar-refractivity contribution in [1.29, 1.82) is 0 Å². The standard InChI is InChI=1S/C20H26O3/c1-3-23-20(21)16-9-7-15(8-10-16)19-13-17(22-2)11-12-18(19)14-5-4-6-14/h7,11-14,16H,3-6,8-10H2,1-2H3. The van der Waals surface area contributed by atoms with Crippen molar-refractivity contribution in [3.05, 3.63) is 35.4 Å². The molecule has 0 N–H and O–H groups in total. The van der Waals surface area contributed by atoms with Gasteiger partial charge in [0.05, 0.1) is 19.6 Å². The number of allylic oxidation sites excluding steroid dienone is 2. The molecule has 1 aromatic carbocycles. The summed E-state index contributed by atoms with van der Waals surface area (Å²) in [5.74, 6) is 1.58. The summed E-state index contributed by atoms with van der Waals surface area (Å²) in [7, 11) is 1.72. The summed E-state index contributed by atoms with van der Waals surface area (Å²) in [4.78, 5) is 11.9. The fourth-order valence-electron chi connectivity index (χ4n) is 3.57. The lowest BCUT2D eigenvalue weighted by atomic mass is 9.75. The van der Waals surface area contributed by atoms with E-state index in [-0.39, 0.29) is 11.9 Å². The van der Waals surface area contributed by atoms with E-state index in [1.807, 2.05) is 6.92 Å². The van der Waals surface area contributed by atoms with Crippen LogP contribution < -0.4 is 4.74 Å². The zero-order chi connectivity index (χ0) is 16.2. The Hall–Kier alpha value is -1.77. The van der Waals surface area contributed by atoms with Crippen LogP contribution in [0.2, 0.25) is 0 Å². The molecule has 3 heteroatoms. The molecule has 0 amide bonds. The van der Waals surface area contributed by atoms with Crippen LogP contribution >= 0.6 is 0 Å². The normalized spacial score (nSPS) is 21.3. The van der Waals surface area contributed by atoms with Crippen molar-refractivity contribution in [2.45, 2.75) is 51.4 Å². The quantitative estimate of drug-likeness (QED) is 0.738. The van der Waals surface area contributed by atoms with Gasteiger partial charge in [-0.05, 0) is 73.8 Å². The molecule has 1 fully saturated rings. The van der Waals surface area contributed by atoms with Gasteiger partial charge in [0.2, 0.25) is 0 Å². The van der Waals surface area contributed by atoms with E-state index in [1.54, 1.807) is 7.11 Å². The maximum absolute atomic E-state index is 11.9. The summed E-state index contributed by atoms with van der Waals surface area (Å²) in [6, 6.07) is 6.47. The molecule has 1 atom stereocenters. The second kappa shape index (κ2) is 7.20. The van der Waals surface area contributed by atoms with E-state index in [9.17, 15) is 4.79 Å². The van der Waals surface area contributed by atoms with Crippen LogP contribution in [-0.4, -0.2) is 19.7 Å². The fourth-order valence-corrected chi connectivity index (χ4v) is 3.57. The number of esters is 1. The van der Waals surface area contributed by atoms with Crippen molar-refractivity contribution in [2.75, 3.05) is 13.7 Å². The van der Waals surface area contributed by atoms with Gasteiger partial charge < -0.3 is 9.47 Å². The van der Waals surface area contributed by atoms with Gasteiger partial charge in [0.1, 0.15) is 5.75 Å². The van der Waals surface area contributed by atoms with Gasteiger partial charge in [-0.15, -0.1) is 0 Å². The molecule has 3 nitrogen and oxygen atoms in total. The van der Waals surface area contributed by atoms with Gasteiger partial charge in [-0.2, -0.15) is 0 Å². The molecule has 0 saturated heterocycles.